The van der Waals surface area contributed by atoms with Gasteiger partial charge in [-0.1, -0.05) is 72.8 Å². The van der Waals surface area contributed by atoms with Gasteiger partial charge in [0.15, 0.2) is 0 Å². The predicted molar refractivity (Wildman–Crippen MR) is 124 cm³/mol. The highest BCUT2D eigenvalue weighted by atomic mass is 16.5. The van der Waals surface area contributed by atoms with Gasteiger partial charge in [-0.2, -0.15) is 0 Å². The first kappa shape index (κ1) is 21.6. The van der Waals surface area contributed by atoms with E-state index in [-0.39, 0.29) is 24.4 Å². The van der Waals surface area contributed by atoms with Gasteiger partial charge in [0, 0.05) is 6.54 Å². The molecule has 0 N–H and O–H groups in total. The van der Waals surface area contributed by atoms with Crippen molar-refractivity contribution in [2.45, 2.75) is 25.4 Å². The summed E-state index contributed by atoms with van der Waals surface area (Å²) in [6, 6.07) is 26.4. The Morgan fingerprint density at radius 1 is 0.906 bits per heavy atom. The Labute approximate surface area is 189 Å². The number of methoxy groups -OCH3 is 1. The van der Waals surface area contributed by atoms with Crippen molar-refractivity contribution >= 4 is 11.8 Å². The summed E-state index contributed by atoms with van der Waals surface area (Å²) in [6.07, 6.45) is 0.712. The molecule has 164 valence electrons. The number of piperazine rings is 1. The van der Waals surface area contributed by atoms with E-state index in [0.717, 1.165) is 16.7 Å². The van der Waals surface area contributed by atoms with Crippen LogP contribution in [0, 0.1) is 0 Å². The lowest BCUT2D eigenvalue weighted by atomic mass is 9.96. The lowest BCUT2D eigenvalue weighted by Gasteiger charge is -2.43. The Kier molecular flexibility index (Phi) is 6.55. The Morgan fingerprint density at radius 3 is 2.16 bits per heavy atom. The maximum Gasteiger partial charge on any atom is 0.250 e. The number of carbonyl (C=O) groups excluding carboxylic acids is 2. The van der Waals surface area contributed by atoms with Crippen LogP contribution in [0.1, 0.15) is 35.7 Å². The first-order valence-electron chi connectivity index (χ1n) is 10.9. The third kappa shape index (κ3) is 4.52. The smallest absolute Gasteiger partial charge is 0.250 e. The summed E-state index contributed by atoms with van der Waals surface area (Å²) in [6.45, 7) is 2.58. The molecule has 1 aliphatic heterocycles. The lowest BCUT2D eigenvalue weighted by molar-refractivity contribution is -0.158. The van der Waals surface area contributed by atoms with Crippen molar-refractivity contribution in [3.05, 3.63) is 102 Å². The highest BCUT2D eigenvalue weighted by Crippen LogP contribution is 2.35. The number of carbonyl (C=O) groups is 2. The average molecular weight is 429 g/mol. The van der Waals surface area contributed by atoms with Crippen LogP contribution in [0.5, 0.6) is 5.75 Å². The zero-order valence-electron chi connectivity index (χ0n) is 18.5. The largest absolute Gasteiger partial charge is 0.497 e. The van der Waals surface area contributed by atoms with Gasteiger partial charge < -0.3 is 14.5 Å². The van der Waals surface area contributed by atoms with Crippen molar-refractivity contribution in [2.75, 3.05) is 20.2 Å². The Balaban J connectivity index is 1.65. The van der Waals surface area contributed by atoms with E-state index in [1.54, 1.807) is 16.9 Å². The summed E-state index contributed by atoms with van der Waals surface area (Å²) < 4.78 is 5.28. The minimum Gasteiger partial charge on any atom is -0.497 e. The highest BCUT2D eigenvalue weighted by Gasteiger charge is 2.42. The molecule has 2 amide bonds. The molecule has 4 rings (SSSR count). The highest BCUT2D eigenvalue weighted by molar-refractivity contribution is 5.96. The standard InChI is InChI=1S/C27H28N2O3/c1-20(22-11-7-4-8-12-22)29-25(30)19-28(18-17-21-9-5-3-6-10-21)27(31)26(29)23-13-15-24(32-2)16-14-23/h3-16,20,26H,17-19H2,1-2H3/t20-,26+/m1/s1. The molecule has 0 bridgehead atoms. The maximum atomic E-state index is 13.7. The molecule has 0 spiro atoms. The van der Waals surface area contributed by atoms with Crippen LogP contribution >= 0.6 is 0 Å². The Hall–Kier alpha value is -3.60. The summed E-state index contributed by atoms with van der Waals surface area (Å²) in [5.41, 5.74) is 2.94. The second-order valence-corrected chi connectivity index (χ2v) is 8.06. The van der Waals surface area contributed by atoms with Crippen LogP contribution in [0.3, 0.4) is 0 Å². The normalized spacial score (nSPS) is 17.4. The number of ether oxygens (including phenoxy) is 1. The zero-order valence-corrected chi connectivity index (χ0v) is 18.5. The van der Waals surface area contributed by atoms with Crippen molar-refractivity contribution in [3.8, 4) is 5.75 Å². The minimum atomic E-state index is -0.673. The van der Waals surface area contributed by atoms with Gasteiger partial charge in [0.2, 0.25) is 5.91 Å². The molecule has 5 heteroatoms. The number of rotatable bonds is 7. The molecule has 0 unspecified atom stereocenters. The molecule has 3 aromatic rings. The molecule has 3 aromatic carbocycles. The van der Waals surface area contributed by atoms with Gasteiger partial charge >= 0.3 is 0 Å². The van der Waals surface area contributed by atoms with E-state index in [1.165, 1.54) is 0 Å². The molecule has 0 aliphatic carbocycles. The molecule has 1 heterocycles. The van der Waals surface area contributed by atoms with Crippen molar-refractivity contribution in [2.24, 2.45) is 0 Å². The molecule has 0 radical (unpaired) electrons. The van der Waals surface area contributed by atoms with E-state index in [2.05, 4.69) is 0 Å². The summed E-state index contributed by atoms with van der Waals surface area (Å²) in [4.78, 5) is 30.5. The minimum absolute atomic E-state index is 0.0465. The summed E-state index contributed by atoms with van der Waals surface area (Å²) in [7, 11) is 1.61. The third-order valence-electron chi connectivity index (χ3n) is 6.08. The molecule has 1 saturated heterocycles. The van der Waals surface area contributed by atoms with Gasteiger partial charge in [-0.3, -0.25) is 9.59 Å². The SMILES string of the molecule is COc1ccc([C@H]2C(=O)N(CCc3ccccc3)CC(=O)N2[C@H](C)c2ccccc2)cc1. The van der Waals surface area contributed by atoms with Crippen LogP contribution in [0.25, 0.3) is 0 Å². The predicted octanol–water partition coefficient (Wildman–Crippen LogP) is 4.41. The second kappa shape index (κ2) is 9.69. The Bertz CT molecular complexity index is 1050. The van der Waals surface area contributed by atoms with Crippen LogP contribution in [0.2, 0.25) is 0 Å². The van der Waals surface area contributed by atoms with Crippen LogP contribution in [0.15, 0.2) is 84.9 Å². The number of hydrogen-bond acceptors (Lipinski definition) is 3. The monoisotopic (exact) mass is 428 g/mol. The van der Waals surface area contributed by atoms with Crippen LogP contribution < -0.4 is 4.74 Å². The van der Waals surface area contributed by atoms with Crippen molar-refractivity contribution in [1.29, 1.82) is 0 Å². The third-order valence-corrected chi connectivity index (χ3v) is 6.08. The summed E-state index contributed by atoms with van der Waals surface area (Å²) in [5.74, 6) is 0.621. The first-order valence-corrected chi connectivity index (χ1v) is 10.9. The molecular formula is C27H28N2O3. The molecule has 0 saturated carbocycles. The topological polar surface area (TPSA) is 49.9 Å². The summed E-state index contributed by atoms with van der Waals surface area (Å²) in [5, 5.41) is 0. The van der Waals surface area contributed by atoms with Crippen molar-refractivity contribution < 1.29 is 14.3 Å². The zero-order chi connectivity index (χ0) is 22.5. The fourth-order valence-corrected chi connectivity index (χ4v) is 4.28. The molecule has 0 aromatic heterocycles. The van der Waals surface area contributed by atoms with Gasteiger partial charge in [0.1, 0.15) is 11.8 Å². The van der Waals surface area contributed by atoms with Gasteiger partial charge in [-0.25, -0.2) is 0 Å². The van der Waals surface area contributed by atoms with Crippen molar-refractivity contribution in [3.63, 3.8) is 0 Å². The van der Waals surface area contributed by atoms with E-state index in [4.69, 9.17) is 4.74 Å². The van der Waals surface area contributed by atoms with Gasteiger partial charge in [0.05, 0.1) is 19.7 Å². The molecule has 2 atom stereocenters. The van der Waals surface area contributed by atoms with Crippen LogP contribution in [-0.4, -0.2) is 41.8 Å². The van der Waals surface area contributed by atoms with E-state index < -0.39 is 6.04 Å². The van der Waals surface area contributed by atoms with Crippen LogP contribution in [-0.2, 0) is 16.0 Å². The van der Waals surface area contributed by atoms with E-state index in [1.807, 2.05) is 91.9 Å². The van der Waals surface area contributed by atoms with Crippen LogP contribution in [0.4, 0.5) is 0 Å². The number of amides is 2. The quantitative estimate of drug-likeness (QED) is 0.560. The molecule has 32 heavy (non-hydrogen) atoms. The van der Waals surface area contributed by atoms with E-state index in [9.17, 15) is 9.59 Å². The maximum absolute atomic E-state index is 13.7. The van der Waals surface area contributed by atoms with Gasteiger partial charge in [0.25, 0.3) is 5.91 Å². The fraction of sp³-hybridized carbons (Fsp3) is 0.259. The Morgan fingerprint density at radius 2 is 1.53 bits per heavy atom. The van der Waals surface area contributed by atoms with E-state index in [0.29, 0.717) is 18.7 Å². The average Bonchev–Trinajstić information content (AvgIpc) is 2.85. The fourth-order valence-electron chi connectivity index (χ4n) is 4.28. The molecular weight excluding hydrogens is 400 g/mol. The van der Waals surface area contributed by atoms with Crippen molar-refractivity contribution in [1.82, 2.24) is 9.80 Å². The lowest BCUT2D eigenvalue weighted by Crippen LogP contribution is -2.56. The molecule has 1 fully saturated rings. The number of benzene rings is 3. The molecule has 1 aliphatic rings. The second-order valence-electron chi connectivity index (χ2n) is 8.06. The number of hydrogen-bond donors (Lipinski definition) is 0. The van der Waals surface area contributed by atoms with E-state index >= 15 is 0 Å². The first-order chi connectivity index (χ1) is 15.6. The van der Waals surface area contributed by atoms with Gasteiger partial charge in [-0.05, 0) is 42.2 Å². The number of nitrogens with zero attached hydrogens (tertiary/aromatic N) is 2. The molecule has 5 nitrogen and oxygen atoms in total. The van der Waals surface area contributed by atoms with Gasteiger partial charge in [-0.15, -0.1) is 0 Å². The summed E-state index contributed by atoms with van der Waals surface area (Å²) >= 11 is 0.